The summed E-state index contributed by atoms with van der Waals surface area (Å²) in [6, 6.07) is 17.4. The molecule has 0 radical (unpaired) electrons. The van der Waals surface area contributed by atoms with Crippen LogP contribution in [0.1, 0.15) is 18.7 Å². The van der Waals surface area contributed by atoms with Gasteiger partial charge < -0.3 is 10.6 Å². The van der Waals surface area contributed by atoms with Crippen LogP contribution in [-0.4, -0.2) is 22.0 Å². The van der Waals surface area contributed by atoms with E-state index in [1.807, 2.05) is 68.4 Å². The molecule has 0 aliphatic heterocycles. The molecule has 1 aromatic heterocycles. The lowest BCUT2D eigenvalue weighted by Crippen LogP contribution is -2.22. The lowest BCUT2D eigenvalue weighted by atomic mass is 10.1. The Balaban J connectivity index is 1.66. The third-order valence-corrected chi connectivity index (χ3v) is 5.89. The van der Waals surface area contributed by atoms with E-state index >= 15 is 0 Å². The number of rotatable bonds is 6. The molecule has 1 heterocycles. The van der Waals surface area contributed by atoms with Crippen molar-refractivity contribution in [2.24, 2.45) is 0 Å². The molecule has 3 aromatic rings. The van der Waals surface area contributed by atoms with Gasteiger partial charge in [-0.3, -0.25) is 9.59 Å². The predicted molar refractivity (Wildman–Crippen MR) is 117 cm³/mol. The number of thiazole rings is 1. The molecule has 0 aliphatic rings. The molecule has 0 saturated heterocycles. The molecule has 0 fully saturated rings. The summed E-state index contributed by atoms with van der Waals surface area (Å²) in [5, 5.41) is 5.96. The summed E-state index contributed by atoms with van der Waals surface area (Å²) >= 11 is 2.90. The topological polar surface area (TPSA) is 71.1 Å². The summed E-state index contributed by atoms with van der Waals surface area (Å²) in [7, 11) is 0. The summed E-state index contributed by atoms with van der Waals surface area (Å²) in [4.78, 5) is 30.4. The van der Waals surface area contributed by atoms with Crippen molar-refractivity contribution in [3.05, 3.63) is 59.5 Å². The van der Waals surface area contributed by atoms with Gasteiger partial charge >= 0.3 is 0 Å². The zero-order chi connectivity index (χ0) is 20.1. The van der Waals surface area contributed by atoms with Gasteiger partial charge in [0.05, 0.1) is 10.9 Å². The van der Waals surface area contributed by atoms with Crippen molar-refractivity contribution >= 4 is 45.7 Å². The maximum absolute atomic E-state index is 12.6. The van der Waals surface area contributed by atoms with Crippen molar-refractivity contribution in [1.82, 2.24) is 4.98 Å². The van der Waals surface area contributed by atoms with Crippen LogP contribution in [0.15, 0.2) is 59.5 Å². The number of nitrogens with one attached hydrogen (secondary N) is 2. The second kappa shape index (κ2) is 9.03. The monoisotopic (exact) mass is 411 g/mol. The van der Waals surface area contributed by atoms with E-state index in [1.54, 1.807) is 0 Å². The van der Waals surface area contributed by atoms with Crippen LogP contribution in [0.2, 0.25) is 0 Å². The molecule has 28 heavy (non-hydrogen) atoms. The van der Waals surface area contributed by atoms with Gasteiger partial charge in [-0.1, -0.05) is 36.4 Å². The summed E-state index contributed by atoms with van der Waals surface area (Å²) in [6.07, 6.45) is 0. The minimum atomic E-state index is -0.308. The zero-order valence-corrected chi connectivity index (χ0v) is 17.5. The third kappa shape index (κ3) is 5.21. The second-order valence-electron chi connectivity index (χ2n) is 6.25. The van der Waals surface area contributed by atoms with E-state index in [0.717, 1.165) is 21.0 Å². The minimum Gasteiger partial charge on any atom is -0.326 e. The number of hydrogen-bond donors (Lipinski definition) is 2. The Bertz CT molecular complexity index is 986. The van der Waals surface area contributed by atoms with Gasteiger partial charge in [0.25, 0.3) is 0 Å². The number of hydrogen-bond acceptors (Lipinski definition) is 5. The Kier molecular flexibility index (Phi) is 6.49. The fourth-order valence-corrected chi connectivity index (χ4v) is 4.39. The van der Waals surface area contributed by atoms with E-state index in [2.05, 4.69) is 15.6 Å². The normalized spacial score (nSPS) is 11.7. The Morgan fingerprint density at radius 1 is 1.07 bits per heavy atom. The van der Waals surface area contributed by atoms with Crippen LogP contribution in [0.4, 0.5) is 10.8 Å². The highest BCUT2D eigenvalue weighted by Crippen LogP contribution is 2.31. The van der Waals surface area contributed by atoms with Gasteiger partial charge in [0.15, 0.2) is 5.13 Å². The maximum Gasteiger partial charge on any atom is 0.239 e. The molecule has 2 N–H and O–H groups in total. The summed E-state index contributed by atoms with van der Waals surface area (Å²) in [5.74, 6) is -0.232. The summed E-state index contributed by atoms with van der Waals surface area (Å²) in [5.41, 5.74) is 2.64. The van der Waals surface area contributed by atoms with Crippen LogP contribution in [0.25, 0.3) is 11.3 Å². The number of carbonyl (C=O) groups is 2. The van der Waals surface area contributed by atoms with Crippen molar-refractivity contribution < 1.29 is 9.59 Å². The van der Waals surface area contributed by atoms with E-state index < -0.39 is 0 Å². The minimum absolute atomic E-state index is 0.108. The molecular weight excluding hydrogens is 390 g/mol. The van der Waals surface area contributed by atoms with Crippen LogP contribution in [0, 0.1) is 6.92 Å². The van der Waals surface area contributed by atoms with Gasteiger partial charge in [-0.25, -0.2) is 4.98 Å². The van der Waals surface area contributed by atoms with Gasteiger partial charge in [0.1, 0.15) is 0 Å². The number of amides is 2. The van der Waals surface area contributed by atoms with Gasteiger partial charge in [-0.15, -0.1) is 23.1 Å². The van der Waals surface area contributed by atoms with Crippen LogP contribution in [-0.2, 0) is 9.59 Å². The number of benzene rings is 2. The number of carbonyl (C=O) groups excluding carboxylic acids is 2. The highest BCUT2D eigenvalue weighted by molar-refractivity contribution is 8.00. The van der Waals surface area contributed by atoms with Gasteiger partial charge in [0.2, 0.25) is 11.8 Å². The second-order valence-corrected chi connectivity index (χ2v) is 8.87. The SMILES string of the molecule is CC(=O)Nc1cccc(SC(C)C(=O)Nc2nc(-c3ccccc3)c(C)s2)c1. The molecule has 0 saturated carbocycles. The predicted octanol–water partition coefficient (Wildman–Crippen LogP) is 5.20. The Labute approximate surface area is 172 Å². The fourth-order valence-electron chi connectivity index (χ4n) is 2.63. The van der Waals surface area contributed by atoms with E-state index in [0.29, 0.717) is 10.8 Å². The van der Waals surface area contributed by atoms with Crippen molar-refractivity contribution in [3.8, 4) is 11.3 Å². The number of anilines is 2. The first kappa shape index (κ1) is 20.1. The standard InChI is InChI=1S/C21H21N3O2S2/c1-13-19(16-8-5-4-6-9-16)23-21(28-13)24-20(26)14(2)27-18-11-7-10-17(12-18)22-15(3)25/h4-12,14H,1-3H3,(H,22,25)(H,23,24,26). The molecule has 1 unspecified atom stereocenters. The first-order valence-electron chi connectivity index (χ1n) is 8.80. The van der Waals surface area contributed by atoms with Gasteiger partial charge in [-0.2, -0.15) is 0 Å². The smallest absolute Gasteiger partial charge is 0.239 e. The van der Waals surface area contributed by atoms with E-state index in [-0.39, 0.29) is 17.1 Å². The Morgan fingerprint density at radius 3 is 2.54 bits per heavy atom. The average Bonchev–Trinajstić information content (AvgIpc) is 3.02. The first-order valence-corrected chi connectivity index (χ1v) is 10.5. The molecule has 0 spiro atoms. The van der Waals surface area contributed by atoms with Crippen molar-refractivity contribution in [2.75, 3.05) is 10.6 Å². The number of aromatic nitrogens is 1. The molecule has 1 atom stereocenters. The molecule has 5 nitrogen and oxygen atoms in total. The number of nitrogens with zero attached hydrogens (tertiary/aromatic N) is 1. The van der Waals surface area contributed by atoms with Gasteiger partial charge in [-0.05, 0) is 32.0 Å². The van der Waals surface area contributed by atoms with E-state index in [1.165, 1.54) is 30.0 Å². The van der Waals surface area contributed by atoms with Crippen LogP contribution < -0.4 is 10.6 Å². The fraction of sp³-hybridized carbons (Fsp3) is 0.190. The van der Waals surface area contributed by atoms with Crippen molar-refractivity contribution in [3.63, 3.8) is 0 Å². The molecule has 0 bridgehead atoms. The zero-order valence-electron chi connectivity index (χ0n) is 15.9. The Hall–Kier alpha value is -2.64. The largest absolute Gasteiger partial charge is 0.326 e. The highest BCUT2D eigenvalue weighted by atomic mass is 32.2. The van der Waals surface area contributed by atoms with Crippen molar-refractivity contribution in [2.45, 2.75) is 30.9 Å². The Morgan fingerprint density at radius 2 is 1.82 bits per heavy atom. The van der Waals surface area contributed by atoms with Gasteiger partial charge in [0, 0.05) is 27.9 Å². The molecule has 0 aliphatic carbocycles. The molecule has 2 amide bonds. The van der Waals surface area contributed by atoms with E-state index in [4.69, 9.17) is 0 Å². The number of aryl methyl sites for hydroxylation is 1. The van der Waals surface area contributed by atoms with E-state index in [9.17, 15) is 9.59 Å². The molecular formula is C21H21N3O2S2. The summed E-state index contributed by atoms with van der Waals surface area (Å²) in [6.45, 7) is 5.32. The lowest BCUT2D eigenvalue weighted by molar-refractivity contribution is -0.115. The molecule has 3 rings (SSSR count). The van der Waals surface area contributed by atoms with Crippen LogP contribution >= 0.6 is 23.1 Å². The maximum atomic E-state index is 12.6. The lowest BCUT2D eigenvalue weighted by Gasteiger charge is -2.11. The number of thioether (sulfide) groups is 1. The third-order valence-electron chi connectivity index (χ3n) is 3.91. The molecule has 2 aromatic carbocycles. The van der Waals surface area contributed by atoms with Crippen LogP contribution in [0.3, 0.4) is 0 Å². The van der Waals surface area contributed by atoms with Crippen LogP contribution in [0.5, 0.6) is 0 Å². The molecule has 7 heteroatoms. The summed E-state index contributed by atoms with van der Waals surface area (Å²) < 4.78 is 0. The van der Waals surface area contributed by atoms with Crippen molar-refractivity contribution in [1.29, 1.82) is 0 Å². The first-order chi connectivity index (χ1) is 13.4. The quantitative estimate of drug-likeness (QED) is 0.547. The average molecular weight is 412 g/mol. The highest BCUT2D eigenvalue weighted by Gasteiger charge is 2.18. The molecule has 144 valence electrons.